The van der Waals surface area contributed by atoms with Crippen molar-refractivity contribution in [3.8, 4) is 0 Å². The number of β-amino-alcohol motifs (C(OH)–C–C–N with tert-alkyl or cyclic N) is 1. The molecule has 1 amide bonds. The fourth-order valence-corrected chi connectivity index (χ4v) is 2.57. The van der Waals surface area contributed by atoms with Crippen molar-refractivity contribution in [2.45, 2.75) is 19.6 Å². The van der Waals surface area contributed by atoms with Crippen LogP contribution in [0.3, 0.4) is 0 Å². The zero-order valence-corrected chi connectivity index (χ0v) is 12.3. The first-order valence-corrected chi connectivity index (χ1v) is 7.14. The Labute approximate surface area is 126 Å². The minimum atomic E-state index is -4.61. The van der Waals surface area contributed by atoms with E-state index < -0.39 is 23.3 Å². The molecule has 2 rings (SSSR count). The van der Waals surface area contributed by atoms with Gasteiger partial charge in [-0.3, -0.25) is 14.4 Å². The van der Waals surface area contributed by atoms with Crippen molar-refractivity contribution in [2.75, 3.05) is 39.3 Å². The number of aromatic nitrogens is 2. The van der Waals surface area contributed by atoms with E-state index >= 15 is 0 Å². The highest BCUT2D eigenvalue weighted by Gasteiger charge is 2.40. The molecule has 6 nitrogen and oxygen atoms in total. The molecule has 0 spiro atoms. The molecule has 22 heavy (non-hydrogen) atoms. The molecule has 9 heteroatoms. The van der Waals surface area contributed by atoms with Crippen LogP contribution in [0.2, 0.25) is 0 Å². The van der Waals surface area contributed by atoms with E-state index in [1.165, 1.54) is 4.90 Å². The highest BCUT2D eigenvalue weighted by atomic mass is 19.4. The van der Waals surface area contributed by atoms with Gasteiger partial charge in [0, 0.05) is 39.3 Å². The summed E-state index contributed by atoms with van der Waals surface area (Å²) in [5, 5.41) is 12.5. The first-order valence-electron chi connectivity index (χ1n) is 7.14. The fourth-order valence-electron chi connectivity index (χ4n) is 2.57. The summed E-state index contributed by atoms with van der Waals surface area (Å²) in [4.78, 5) is 15.7. The third-order valence-electron chi connectivity index (χ3n) is 3.71. The average Bonchev–Trinajstić information content (AvgIpc) is 2.91. The van der Waals surface area contributed by atoms with E-state index in [0.29, 0.717) is 32.7 Å². The van der Waals surface area contributed by atoms with E-state index in [1.807, 2.05) is 4.90 Å². The van der Waals surface area contributed by atoms with Gasteiger partial charge in [0.15, 0.2) is 5.69 Å². The van der Waals surface area contributed by atoms with Gasteiger partial charge in [0.25, 0.3) is 5.91 Å². The molecule has 0 atom stereocenters. The van der Waals surface area contributed by atoms with Crippen molar-refractivity contribution >= 4 is 5.91 Å². The Balaban J connectivity index is 2.16. The molecule has 124 valence electrons. The minimum Gasteiger partial charge on any atom is -0.395 e. The highest BCUT2D eigenvalue weighted by Crippen LogP contribution is 2.32. The smallest absolute Gasteiger partial charge is 0.395 e. The number of aliphatic hydroxyl groups is 1. The molecule has 1 aliphatic rings. The number of piperazine rings is 1. The Morgan fingerprint density at radius 3 is 2.45 bits per heavy atom. The molecule has 1 aliphatic heterocycles. The quantitative estimate of drug-likeness (QED) is 0.886. The number of aliphatic hydroxyl groups excluding tert-OH is 1. The van der Waals surface area contributed by atoms with E-state index in [1.54, 1.807) is 6.92 Å². The van der Waals surface area contributed by atoms with Crippen LogP contribution in [0.1, 0.15) is 23.0 Å². The van der Waals surface area contributed by atoms with Crippen molar-refractivity contribution < 1.29 is 23.1 Å². The number of carbonyl (C=O) groups is 1. The Bertz CT molecular complexity index is 522. The van der Waals surface area contributed by atoms with Crippen LogP contribution in [0.5, 0.6) is 0 Å². The molecule has 1 fully saturated rings. The molecule has 0 bridgehead atoms. The van der Waals surface area contributed by atoms with Crippen LogP contribution in [-0.4, -0.2) is 69.9 Å². The maximum Gasteiger partial charge on any atom is 0.433 e. The largest absolute Gasteiger partial charge is 0.433 e. The molecule has 1 saturated heterocycles. The van der Waals surface area contributed by atoms with Crippen molar-refractivity contribution in [2.24, 2.45) is 0 Å². The lowest BCUT2D eigenvalue weighted by molar-refractivity contribution is -0.144. The first-order chi connectivity index (χ1) is 10.4. The summed E-state index contributed by atoms with van der Waals surface area (Å²) in [6.07, 6.45) is -3.62. The highest BCUT2D eigenvalue weighted by molar-refractivity contribution is 5.95. The van der Waals surface area contributed by atoms with Crippen LogP contribution < -0.4 is 0 Å². The van der Waals surface area contributed by atoms with E-state index in [-0.39, 0.29) is 13.2 Å². The van der Waals surface area contributed by atoms with Crippen molar-refractivity contribution in [1.29, 1.82) is 0 Å². The van der Waals surface area contributed by atoms with Crippen LogP contribution in [0.15, 0.2) is 6.20 Å². The number of nitrogens with zero attached hydrogens (tertiary/aromatic N) is 4. The summed E-state index contributed by atoms with van der Waals surface area (Å²) in [5.74, 6) is -0.643. The average molecular weight is 320 g/mol. The molecule has 0 radical (unpaired) electrons. The molecule has 1 N–H and O–H groups in total. The SMILES string of the molecule is CCn1ncc(C(=O)N2CCN(CCO)CC2)c1C(F)(F)F. The van der Waals surface area contributed by atoms with Crippen molar-refractivity contribution in [3.05, 3.63) is 17.5 Å². The van der Waals surface area contributed by atoms with Crippen molar-refractivity contribution in [1.82, 2.24) is 19.6 Å². The number of halogens is 3. The van der Waals surface area contributed by atoms with Gasteiger partial charge in [0.05, 0.1) is 18.4 Å². The molecule has 0 unspecified atom stereocenters. The number of carbonyl (C=O) groups excluding carboxylic acids is 1. The molecular weight excluding hydrogens is 301 g/mol. The zero-order valence-electron chi connectivity index (χ0n) is 12.3. The Kier molecular flexibility index (Phi) is 5.07. The van der Waals surface area contributed by atoms with Gasteiger partial charge in [-0.05, 0) is 6.92 Å². The summed E-state index contributed by atoms with van der Waals surface area (Å²) < 4.78 is 40.3. The van der Waals surface area contributed by atoms with Crippen LogP contribution >= 0.6 is 0 Å². The third-order valence-corrected chi connectivity index (χ3v) is 3.71. The van der Waals surface area contributed by atoms with Crippen molar-refractivity contribution in [3.63, 3.8) is 0 Å². The molecule has 0 saturated carbocycles. The van der Waals surface area contributed by atoms with Gasteiger partial charge < -0.3 is 10.0 Å². The summed E-state index contributed by atoms with van der Waals surface area (Å²) in [6, 6.07) is 0. The van der Waals surface area contributed by atoms with Gasteiger partial charge in [0.1, 0.15) is 0 Å². The zero-order chi connectivity index (χ0) is 16.3. The lowest BCUT2D eigenvalue weighted by Crippen LogP contribution is -2.49. The molecule has 2 heterocycles. The maximum atomic E-state index is 13.2. The molecule has 1 aromatic rings. The number of hydrogen-bond donors (Lipinski definition) is 1. The molecule has 0 aromatic carbocycles. The summed E-state index contributed by atoms with van der Waals surface area (Å²) >= 11 is 0. The fraction of sp³-hybridized carbons (Fsp3) is 0.692. The van der Waals surface area contributed by atoms with E-state index in [4.69, 9.17) is 5.11 Å². The van der Waals surface area contributed by atoms with Crippen LogP contribution in [0, 0.1) is 0 Å². The minimum absolute atomic E-state index is 0.0233. The van der Waals surface area contributed by atoms with Gasteiger partial charge in [-0.1, -0.05) is 0 Å². The monoisotopic (exact) mass is 320 g/mol. The molecular formula is C13H19F3N4O2. The lowest BCUT2D eigenvalue weighted by atomic mass is 10.2. The number of aryl methyl sites for hydroxylation is 1. The predicted octanol–water partition coefficient (Wildman–Crippen LogP) is 0.672. The van der Waals surface area contributed by atoms with Crippen LogP contribution in [-0.2, 0) is 12.7 Å². The Morgan fingerprint density at radius 2 is 1.95 bits per heavy atom. The van der Waals surface area contributed by atoms with Crippen LogP contribution in [0.4, 0.5) is 13.2 Å². The van der Waals surface area contributed by atoms with E-state index in [2.05, 4.69) is 5.10 Å². The topological polar surface area (TPSA) is 61.6 Å². The van der Waals surface area contributed by atoms with E-state index in [9.17, 15) is 18.0 Å². The number of rotatable bonds is 4. The maximum absolute atomic E-state index is 13.2. The number of alkyl halides is 3. The van der Waals surface area contributed by atoms with Gasteiger partial charge in [0.2, 0.25) is 0 Å². The van der Waals surface area contributed by atoms with Gasteiger partial charge >= 0.3 is 6.18 Å². The summed E-state index contributed by atoms with van der Waals surface area (Å²) in [6.45, 7) is 3.88. The Hall–Kier alpha value is -1.61. The van der Waals surface area contributed by atoms with Gasteiger partial charge in [-0.2, -0.15) is 18.3 Å². The second kappa shape index (κ2) is 6.66. The Morgan fingerprint density at radius 1 is 1.32 bits per heavy atom. The van der Waals surface area contributed by atoms with Gasteiger partial charge in [-0.15, -0.1) is 0 Å². The summed E-state index contributed by atoms with van der Waals surface area (Å²) in [5.41, 5.74) is -1.39. The van der Waals surface area contributed by atoms with Gasteiger partial charge in [-0.25, -0.2) is 0 Å². The number of amides is 1. The predicted molar refractivity (Wildman–Crippen MR) is 72.3 cm³/mol. The van der Waals surface area contributed by atoms with Crippen LogP contribution in [0.25, 0.3) is 0 Å². The normalized spacial score (nSPS) is 17.0. The van der Waals surface area contributed by atoms with E-state index in [0.717, 1.165) is 10.9 Å². The first kappa shape index (κ1) is 16.8. The second-order valence-corrected chi connectivity index (χ2v) is 5.08. The number of hydrogen-bond acceptors (Lipinski definition) is 4. The standard InChI is InChI=1S/C13H19F3N4O2/c1-2-20-11(13(14,15)16)10(9-17-20)12(22)19-5-3-18(4-6-19)7-8-21/h9,21H,2-8H2,1H3. The third kappa shape index (κ3) is 3.41. The lowest BCUT2D eigenvalue weighted by Gasteiger charge is -2.34. The summed E-state index contributed by atoms with van der Waals surface area (Å²) in [7, 11) is 0. The molecule has 1 aromatic heterocycles. The molecule has 0 aliphatic carbocycles. The second-order valence-electron chi connectivity index (χ2n) is 5.08.